The molecule has 0 aromatic rings. The summed E-state index contributed by atoms with van der Waals surface area (Å²) in [7, 11) is 0. The molecule has 1 aliphatic heterocycles. The lowest BCUT2D eigenvalue weighted by Crippen LogP contribution is -2.49. The standard InChI is InChI=1S/C22H30O6/c1-7-15(4)20(24)26-17-11-13(2)9-8-10-14(3)12-18-19(17)22(6,21(25)27-18)28-16(5)23/h7,9,12,17-19H,8,10-11H2,1-6H3. The van der Waals surface area contributed by atoms with Crippen molar-refractivity contribution in [3.63, 3.8) is 0 Å². The zero-order chi connectivity index (χ0) is 21.1. The fourth-order valence-electron chi connectivity index (χ4n) is 3.78. The molecule has 1 saturated heterocycles. The number of hydrogen-bond acceptors (Lipinski definition) is 6. The Hall–Kier alpha value is -2.37. The van der Waals surface area contributed by atoms with Gasteiger partial charge in [-0.1, -0.05) is 23.3 Å². The SMILES string of the molecule is CC=C(C)C(=O)OC1CC(C)=CCCC(C)=CC2OC(=O)C(C)(OC(C)=O)C21. The van der Waals surface area contributed by atoms with E-state index in [1.165, 1.54) is 6.92 Å². The first-order valence-electron chi connectivity index (χ1n) is 9.66. The molecule has 0 aromatic heterocycles. The van der Waals surface area contributed by atoms with Crippen molar-refractivity contribution in [2.45, 2.75) is 78.6 Å². The van der Waals surface area contributed by atoms with Crippen molar-refractivity contribution in [2.24, 2.45) is 5.92 Å². The van der Waals surface area contributed by atoms with Crippen LogP contribution < -0.4 is 0 Å². The minimum Gasteiger partial charge on any atom is -0.458 e. The Balaban J connectivity index is 2.54. The molecule has 0 amide bonds. The molecule has 4 atom stereocenters. The number of rotatable bonds is 3. The predicted octanol–water partition coefficient (Wildman–Crippen LogP) is 3.80. The van der Waals surface area contributed by atoms with Gasteiger partial charge in [-0.2, -0.15) is 0 Å². The molecule has 154 valence electrons. The first kappa shape index (κ1) is 21.9. The summed E-state index contributed by atoms with van der Waals surface area (Å²) in [6.45, 7) is 10.2. The van der Waals surface area contributed by atoms with Crippen molar-refractivity contribution in [2.75, 3.05) is 0 Å². The Bertz CT molecular complexity index is 744. The van der Waals surface area contributed by atoms with Gasteiger partial charge in [0.15, 0.2) is 0 Å². The highest BCUT2D eigenvalue weighted by Gasteiger charge is 2.60. The van der Waals surface area contributed by atoms with Crippen LogP contribution in [0, 0.1) is 5.92 Å². The highest BCUT2D eigenvalue weighted by Crippen LogP contribution is 2.42. The maximum absolute atomic E-state index is 12.7. The number of hydrogen-bond donors (Lipinski definition) is 0. The third kappa shape index (κ3) is 4.72. The summed E-state index contributed by atoms with van der Waals surface area (Å²) in [6, 6.07) is 0. The maximum atomic E-state index is 12.7. The predicted molar refractivity (Wildman–Crippen MR) is 104 cm³/mol. The van der Waals surface area contributed by atoms with Crippen LogP contribution in [0.2, 0.25) is 0 Å². The van der Waals surface area contributed by atoms with Crippen LogP contribution in [0.4, 0.5) is 0 Å². The van der Waals surface area contributed by atoms with Gasteiger partial charge in [-0.3, -0.25) is 4.79 Å². The zero-order valence-corrected chi connectivity index (χ0v) is 17.5. The molecule has 6 nitrogen and oxygen atoms in total. The van der Waals surface area contributed by atoms with Gasteiger partial charge in [0.2, 0.25) is 5.60 Å². The van der Waals surface area contributed by atoms with Gasteiger partial charge >= 0.3 is 17.9 Å². The van der Waals surface area contributed by atoms with Crippen LogP contribution >= 0.6 is 0 Å². The van der Waals surface area contributed by atoms with Gasteiger partial charge in [-0.25, -0.2) is 9.59 Å². The van der Waals surface area contributed by atoms with Crippen LogP contribution in [0.5, 0.6) is 0 Å². The van der Waals surface area contributed by atoms with Gasteiger partial charge in [-0.05, 0) is 53.5 Å². The molecule has 0 saturated carbocycles. The lowest BCUT2D eigenvalue weighted by Gasteiger charge is -2.34. The molecule has 6 heteroatoms. The number of carbonyl (C=O) groups excluding carboxylic acids is 3. The first-order valence-corrected chi connectivity index (χ1v) is 9.66. The van der Waals surface area contributed by atoms with E-state index in [1.807, 2.05) is 19.9 Å². The van der Waals surface area contributed by atoms with Crippen LogP contribution in [-0.4, -0.2) is 35.7 Å². The van der Waals surface area contributed by atoms with E-state index in [0.29, 0.717) is 12.0 Å². The number of fused-ring (bicyclic) bond motifs is 1. The van der Waals surface area contributed by atoms with Crippen LogP contribution in [0.1, 0.15) is 60.8 Å². The minimum absolute atomic E-state index is 0.435. The van der Waals surface area contributed by atoms with Gasteiger partial charge in [0, 0.05) is 18.9 Å². The Labute approximate surface area is 166 Å². The second-order valence-corrected chi connectivity index (χ2v) is 7.82. The summed E-state index contributed by atoms with van der Waals surface area (Å²) in [5, 5.41) is 0. The smallest absolute Gasteiger partial charge is 0.351 e. The van der Waals surface area contributed by atoms with Crippen molar-refractivity contribution >= 4 is 17.9 Å². The number of allylic oxidation sites excluding steroid dienone is 3. The molecule has 2 rings (SSSR count). The molecule has 0 bridgehead atoms. The van der Waals surface area contributed by atoms with Gasteiger partial charge in [0.05, 0.1) is 5.92 Å². The van der Waals surface area contributed by atoms with Gasteiger partial charge in [-0.15, -0.1) is 0 Å². The molecule has 0 N–H and O–H groups in total. The normalized spacial score (nSPS) is 31.1. The van der Waals surface area contributed by atoms with Crippen molar-refractivity contribution in [1.82, 2.24) is 0 Å². The van der Waals surface area contributed by atoms with E-state index in [0.717, 1.165) is 24.0 Å². The summed E-state index contributed by atoms with van der Waals surface area (Å²) in [4.78, 5) is 37.0. The molecule has 0 radical (unpaired) electrons. The van der Waals surface area contributed by atoms with Crippen molar-refractivity contribution < 1.29 is 28.6 Å². The Kier molecular flexibility index (Phi) is 6.86. The number of ether oxygens (including phenoxy) is 3. The Morgan fingerprint density at radius 2 is 1.93 bits per heavy atom. The molecule has 1 aliphatic carbocycles. The van der Waals surface area contributed by atoms with E-state index in [2.05, 4.69) is 6.08 Å². The summed E-state index contributed by atoms with van der Waals surface area (Å²) in [6.07, 6.45) is 6.49. The summed E-state index contributed by atoms with van der Waals surface area (Å²) >= 11 is 0. The van der Waals surface area contributed by atoms with E-state index in [4.69, 9.17) is 14.2 Å². The Morgan fingerprint density at radius 3 is 2.54 bits per heavy atom. The number of esters is 3. The quantitative estimate of drug-likeness (QED) is 0.316. The summed E-state index contributed by atoms with van der Waals surface area (Å²) in [5.41, 5.74) is 1.06. The topological polar surface area (TPSA) is 78.9 Å². The second kappa shape index (κ2) is 8.76. The number of carbonyl (C=O) groups is 3. The summed E-state index contributed by atoms with van der Waals surface area (Å²) in [5.74, 6) is -2.30. The van der Waals surface area contributed by atoms with Gasteiger partial charge in [0.1, 0.15) is 12.2 Å². The minimum atomic E-state index is -1.53. The molecule has 0 aromatic carbocycles. The molecule has 2 aliphatic rings. The van der Waals surface area contributed by atoms with Crippen LogP contribution in [0.25, 0.3) is 0 Å². The van der Waals surface area contributed by atoms with E-state index >= 15 is 0 Å². The molecule has 4 unspecified atom stereocenters. The second-order valence-electron chi connectivity index (χ2n) is 7.82. The molecular weight excluding hydrogens is 360 g/mol. The lowest BCUT2D eigenvalue weighted by molar-refractivity contribution is -0.176. The molecule has 1 heterocycles. The highest BCUT2D eigenvalue weighted by molar-refractivity contribution is 5.88. The average Bonchev–Trinajstić information content (AvgIpc) is 2.82. The molecule has 0 spiro atoms. The molecule has 28 heavy (non-hydrogen) atoms. The van der Waals surface area contributed by atoms with E-state index in [-0.39, 0.29) is 0 Å². The molecular formula is C22H30O6. The Morgan fingerprint density at radius 1 is 1.25 bits per heavy atom. The fraction of sp³-hybridized carbons (Fsp3) is 0.591. The van der Waals surface area contributed by atoms with E-state index in [1.54, 1.807) is 26.8 Å². The largest absolute Gasteiger partial charge is 0.458 e. The zero-order valence-electron chi connectivity index (χ0n) is 17.5. The van der Waals surface area contributed by atoms with Crippen molar-refractivity contribution in [3.8, 4) is 0 Å². The van der Waals surface area contributed by atoms with E-state index < -0.39 is 41.6 Å². The third-order valence-corrected chi connectivity index (χ3v) is 5.41. The van der Waals surface area contributed by atoms with Crippen LogP contribution in [0.3, 0.4) is 0 Å². The summed E-state index contributed by atoms with van der Waals surface area (Å²) < 4.78 is 16.9. The van der Waals surface area contributed by atoms with Crippen LogP contribution in [0.15, 0.2) is 34.9 Å². The lowest BCUT2D eigenvalue weighted by atomic mass is 9.79. The van der Waals surface area contributed by atoms with Crippen LogP contribution in [-0.2, 0) is 28.6 Å². The monoisotopic (exact) mass is 390 g/mol. The third-order valence-electron chi connectivity index (χ3n) is 5.41. The average molecular weight is 390 g/mol. The van der Waals surface area contributed by atoms with Gasteiger partial charge in [0.25, 0.3) is 0 Å². The van der Waals surface area contributed by atoms with E-state index in [9.17, 15) is 14.4 Å². The van der Waals surface area contributed by atoms with Gasteiger partial charge < -0.3 is 14.2 Å². The maximum Gasteiger partial charge on any atom is 0.351 e. The van der Waals surface area contributed by atoms with Crippen molar-refractivity contribution in [3.05, 3.63) is 34.9 Å². The first-order chi connectivity index (χ1) is 13.1. The molecule has 1 fully saturated rings. The van der Waals surface area contributed by atoms with Crippen molar-refractivity contribution in [1.29, 1.82) is 0 Å². The highest BCUT2D eigenvalue weighted by atomic mass is 16.6. The fourth-order valence-corrected chi connectivity index (χ4v) is 3.78.